The Labute approximate surface area is 153 Å². The summed E-state index contributed by atoms with van der Waals surface area (Å²) in [5.74, 6) is 0.779. The van der Waals surface area contributed by atoms with Gasteiger partial charge in [-0.2, -0.15) is 0 Å². The van der Waals surface area contributed by atoms with Gasteiger partial charge in [0.1, 0.15) is 5.75 Å². The Hall–Kier alpha value is -2.82. The van der Waals surface area contributed by atoms with Crippen molar-refractivity contribution in [1.29, 1.82) is 0 Å². The molecule has 0 saturated carbocycles. The molecule has 2 amide bonds. The van der Waals surface area contributed by atoms with E-state index in [9.17, 15) is 9.59 Å². The molecular formula is C21H22N2O3. The van der Waals surface area contributed by atoms with E-state index in [2.05, 4.69) is 0 Å². The summed E-state index contributed by atoms with van der Waals surface area (Å²) >= 11 is 0. The van der Waals surface area contributed by atoms with Gasteiger partial charge in [0.2, 0.25) is 0 Å². The number of aryl methyl sites for hydroxylation is 1. The minimum Gasteiger partial charge on any atom is -0.482 e. The molecular weight excluding hydrogens is 328 g/mol. The number of anilines is 1. The van der Waals surface area contributed by atoms with Gasteiger partial charge in [0.25, 0.3) is 11.8 Å². The molecule has 0 aliphatic carbocycles. The van der Waals surface area contributed by atoms with Crippen LogP contribution in [0.25, 0.3) is 0 Å². The summed E-state index contributed by atoms with van der Waals surface area (Å²) in [5, 5.41) is 0. The average Bonchev–Trinajstić information content (AvgIpc) is 3.19. The second-order valence-corrected chi connectivity index (χ2v) is 6.94. The van der Waals surface area contributed by atoms with Crippen molar-refractivity contribution in [3.8, 4) is 5.75 Å². The van der Waals surface area contributed by atoms with Gasteiger partial charge < -0.3 is 14.5 Å². The van der Waals surface area contributed by atoms with E-state index in [1.54, 1.807) is 4.90 Å². The molecule has 0 aromatic heterocycles. The van der Waals surface area contributed by atoms with Crippen LogP contribution in [0.5, 0.6) is 5.75 Å². The number of carbonyl (C=O) groups excluding carboxylic acids is 2. The first-order chi connectivity index (χ1) is 12.6. The molecule has 0 unspecified atom stereocenters. The number of amides is 2. The number of rotatable bonds is 3. The Morgan fingerprint density at radius 2 is 1.81 bits per heavy atom. The van der Waals surface area contributed by atoms with Gasteiger partial charge in [-0.15, -0.1) is 0 Å². The lowest BCUT2D eigenvalue weighted by Crippen LogP contribution is -2.38. The highest BCUT2D eigenvalue weighted by Crippen LogP contribution is 2.33. The SMILES string of the molecule is Cc1ccc2c(c1)OCC(=O)N2Cc1ccc(C(=O)N2CCCC2)cc1. The summed E-state index contributed by atoms with van der Waals surface area (Å²) in [5.41, 5.74) is 3.59. The largest absolute Gasteiger partial charge is 0.482 e. The number of benzene rings is 2. The van der Waals surface area contributed by atoms with Crippen LogP contribution in [-0.4, -0.2) is 36.4 Å². The number of hydrogen-bond donors (Lipinski definition) is 0. The van der Waals surface area contributed by atoms with Gasteiger partial charge in [-0.25, -0.2) is 0 Å². The number of carbonyl (C=O) groups is 2. The number of nitrogens with zero attached hydrogens (tertiary/aromatic N) is 2. The van der Waals surface area contributed by atoms with Crippen molar-refractivity contribution in [2.24, 2.45) is 0 Å². The molecule has 2 aromatic rings. The van der Waals surface area contributed by atoms with E-state index in [1.807, 2.05) is 54.3 Å². The van der Waals surface area contributed by atoms with Crippen LogP contribution in [0.3, 0.4) is 0 Å². The molecule has 5 nitrogen and oxygen atoms in total. The molecule has 1 fully saturated rings. The van der Waals surface area contributed by atoms with Gasteiger partial charge in [0.05, 0.1) is 12.2 Å². The van der Waals surface area contributed by atoms with Crippen molar-refractivity contribution in [1.82, 2.24) is 4.90 Å². The van der Waals surface area contributed by atoms with Gasteiger partial charge in [-0.05, 0) is 55.2 Å². The molecule has 134 valence electrons. The van der Waals surface area contributed by atoms with Crippen molar-refractivity contribution in [2.75, 3.05) is 24.6 Å². The Balaban J connectivity index is 1.52. The molecule has 0 atom stereocenters. The van der Waals surface area contributed by atoms with E-state index >= 15 is 0 Å². The molecule has 0 radical (unpaired) electrons. The van der Waals surface area contributed by atoms with Crippen molar-refractivity contribution in [3.63, 3.8) is 0 Å². The van der Waals surface area contributed by atoms with Gasteiger partial charge in [-0.1, -0.05) is 18.2 Å². The Kier molecular flexibility index (Phi) is 4.37. The normalized spacial score (nSPS) is 16.4. The maximum atomic E-state index is 12.4. The van der Waals surface area contributed by atoms with Crippen molar-refractivity contribution >= 4 is 17.5 Å². The van der Waals surface area contributed by atoms with Crippen LogP contribution in [0.4, 0.5) is 5.69 Å². The van der Waals surface area contributed by atoms with E-state index < -0.39 is 0 Å². The van der Waals surface area contributed by atoms with Crippen LogP contribution in [0.2, 0.25) is 0 Å². The van der Waals surface area contributed by atoms with Crippen LogP contribution in [0.1, 0.15) is 34.3 Å². The van der Waals surface area contributed by atoms with Crippen LogP contribution < -0.4 is 9.64 Å². The predicted octanol–water partition coefficient (Wildman–Crippen LogP) is 3.16. The quantitative estimate of drug-likeness (QED) is 0.854. The molecule has 1 saturated heterocycles. The molecule has 0 bridgehead atoms. The third kappa shape index (κ3) is 3.17. The van der Waals surface area contributed by atoms with Gasteiger partial charge in [0, 0.05) is 18.7 Å². The average molecular weight is 350 g/mol. The fourth-order valence-corrected chi connectivity index (χ4v) is 3.52. The van der Waals surface area contributed by atoms with E-state index in [-0.39, 0.29) is 18.4 Å². The Morgan fingerprint density at radius 1 is 1.08 bits per heavy atom. The molecule has 2 aliphatic rings. The maximum absolute atomic E-state index is 12.4. The first-order valence-electron chi connectivity index (χ1n) is 9.04. The summed E-state index contributed by atoms with van der Waals surface area (Å²) in [6.45, 7) is 4.22. The summed E-state index contributed by atoms with van der Waals surface area (Å²) in [7, 11) is 0. The summed E-state index contributed by atoms with van der Waals surface area (Å²) in [6, 6.07) is 13.4. The fourth-order valence-electron chi connectivity index (χ4n) is 3.52. The van der Waals surface area contributed by atoms with E-state index in [0.29, 0.717) is 12.1 Å². The molecule has 4 rings (SSSR count). The lowest BCUT2D eigenvalue weighted by molar-refractivity contribution is -0.121. The second kappa shape index (κ2) is 6.83. The zero-order valence-electron chi connectivity index (χ0n) is 14.9. The van der Waals surface area contributed by atoms with E-state index in [1.165, 1.54) is 0 Å². The highest BCUT2D eigenvalue weighted by Gasteiger charge is 2.26. The summed E-state index contributed by atoms with van der Waals surface area (Å²) in [4.78, 5) is 28.4. The Morgan fingerprint density at radius 3 is 2.54 bits per heavy atom. The molecule has 0 spiro atoms. The lowest BCUT2D eigenvalue weighted by Gasteiger charge is -2.29. The highest BCUT2D eigenvalue weighted by atomic mass is 16.5. The van der Waals surface area contributed by atoms with Crippen molar-refractivity contribution in [2.45, 2.75) is 26.3 Å². The molecule has 2 aliphatic heterocycles. The topological polar surface area (TPSA) is 49.9 Å². The van der Waals surface area contributed by atoms with Crippen LogP contribution >= 0.6 is 0 Å². The number of fused-ring (bicyclic) bond motifs is 1. The first-order valence-corrected chi connectivity index (χ1v) is 9.04. The summed E-state index contributed by atoms with van der Waals surface area (Å²) < 4.78 is 5.55. The smallest absolute Gasteiger partial charge is 0.265 e. The minimum absolute atomic E-state index is 0.0569. The standard InChI is InChI=1S/C21H22N2O3/c1-15-4-9-18-19(12-15)26-14-20(24)23(18)13-16-5-7-17(8-6-16)21(25)22-10-2-3-11-22/h4-9,12H,2-3,10-11,13-14H2,1H3. The molecule has 0 N–H and O–H groups in total. The number of likely N-dealkylation sites (tertiary alicyclic amines) is 1. The monoisotopic (exact) mass is 350 g/mol. The summed E-state index contributed by atoms with van der Waals surface area (Å²) in [6.07, 6.45) is 2.17. The van der Waals surface area contributed by atoms with Gasteiger partial charge in [-0.3, -0.25) is 9.59 Å². The lowest BCUT2D eigenvalue weighted by atomic mass is 10.1. The van der Waals surface area contributed by atoms with E-state index in [0.717, 1.165) is 48.5 Å². The predicted molar refractivity (Wildman–Crippen MR) is 99.4 cm³/mol. The first kappa shape index (κ1) is 16.6. The van der Waals surface area contributed by atoms with Gasteiger partial charge in [0.15, 0.2) is 6.61 Å². The van der Waals surface area contributed by atoms with E-state index in [4.69, 9.17) is 4.74 Å². The van der Waals surface area contributed by atoms with Gasteiger partial charge >= 0.3 is 0 Å². The Bertz CT molecular complexity index is 839. The van der Waals surface area contributed by atoms with Crippen LogP contribution in [-0.2, 0) is 11.3 Å². The van der Waals surface area contributed by atoms with Crippen molar-refractivity contribution < 1.29 is 14.3 Å². The molecule has 2 aromatic carbocycles. The maximum Gasteiger partial charge on any atom is 0.265 e. The zero-order valence-corrected chi connectivity index (χ0v) is 14.9. The highest BCUT2D eigenvalue weighted by molar-refractivity contribution is 5.98. The molecule has 26 heavy (non-hydrogen) atoms. The zero-order chi connectivity index (χ0) is 18.1. The van der Waals surface area contributed by atoms with Crippen LogP contribution in [0, 0.1) is 6.92 Å². The fraction of sp³-hybridized carbons (Fsp3) is 0.333. The molecule has 2 heterocycles. The minimum atomic E-state index is -0.0569. The molecule has 5 heteroatoms. The second-order valence-electron chi connectivity index (χ2n) is 6.94. The number of ether oxygens (including phenoxy) is 1. The van der Waals surface area contributed by atoms with Crippen molar-refractivity contribution in [3.05, 3.63) is 59.2 Å². The third-order valence-corrected chi connectivity index (χ3v) is 4.99. The number of hydrogen-bond acceptors (Lipinski definition) is 3. The third-order valence-electron chi connectivity index (χ3n) is 4.99. The van der Waals surface area contributed by atoms with Crippen LogP contribution in [0.15, 0.2) is 42.5 Å².